The van der Waals surface area contributed by atoms with E-state index in [1.807, 2.05) is 72.8 Å². The molecule has 0 aliphatic carbocycles. The van der Waals surface area contributed by atoms with E-state index in [1.54, 1.807) is 0 Å². The van der Waals surface area contributed by atoms with Crippen molar-refractivity contribution in [1.29, 1.82) is 0 Å². The molecule has 0 unspecified atom stereocenters. The molecule has 0 saturated carbocycles. The van der Waals surface area contributed by atoms with Crippen molar-refractivity contribution in [3.8, 4) is 51.0 Å². The molecule has 0 atom stereocenters. The molecule has 0 fully saturated rings. The molecule has 252 valence electrons. The number of hydrogen-bond acceptors (Lipinski definition) is 4. The van der Waals surface area contributed by atoms with Crippen molar-refractivity contribution >= 4 is 54.5 Å². The molecule has 3 heterocycles. The molecule has 5 nitrogen and oxygen atoms in total. The first-order valence-corrected chi connectivity index (χ1v) is 18.1. The van der Waals surface area contributed by atoms with E-state index in [0.717, 1.165) is 61.0 Å². The third kappa shape index (κ3) is 4.83. The maximum atomic E-state index is 6.61. The monoisotopic (exact) mass is 690 g/mol. The molecule has 0 bridgehead atoms. The Bertz CT molecular complexity index is 3140. The third-order valence-electron chi connectivity index (χ3n) is 10.4. The van der Waals surface area contributed by atoms with Crippen molar-refractivity contribution in [3.05, 3.63) is 182 Å². The van der Waals surface area contributed by atoms with Gasteiger partial charge in [0.1, 0.15) is 11.2 Å². The molecule has 0 spiro atoms. The number of fused-ring (bicyclic) bond motifs is 8. The zero-order chi connectivity index (χ0) is 35.6. The highest BCUT2D eigenvalue weighted by Gasteiger charge is 2.21. The highest BCUT2D eigenvalue weighted by Crippen LogP contribution is 2.43. The second-order valence-corrected chi connectivity index (χ2v) is 13.6. The minimum Gasteiger partial charge on any atom is -0.456 e. The fourth-order valence-electron chi connectivity index (χ4n) is 7.96. The Morgan fingerprint density at radius 1 is 0.370 bits per heavy atom. The number of aromatic nitrogens is 4. The van der Waals surface area contributed by atoms with Gasteiger partial charge in [-0.3, -0.25) is 0 Å². The van der Waals surface area contributed by atoms with Crippen LogP contribution in [0.2, 0.25) is 0 Å². The summed E-state index contributed by atoms with van der Waals surface area (Å²) >= 11 is 0. The smallest absolute Gasteiger partial charge is 0.164 e. The normalized spacial score (nSPS) is 11.7. The Morgan fingerprint density at radius 2 is 0.963 bits per heavy atom. The summed E-state index contributed by atoms with van der Waals surface area (Å²) in [7, 11) is 0. The van der Waals surface area contributed by atoms with Crippen LogP contribution in [0.3, 0.4) is 0 Å². The lowest BCUT2D eigenvalue weighted by Gasteiger charge is -2.11. The van der Waals surface area contributed by atoms with Crippen molar-refractivity contribution < 1.29 is 4.42 Å². The molecule has 0 saturated heterocycles. The first kappa shape index (κ1) is 30.3. The van der Waals surface area contributed by atoms with Gasteiger partial charge in [-0.2, -0.15) is 0 Å². The Labute approximate surface area is 310 Å². The fourth-order valence-corrected chi connectivity index (χ4v) is 7.96. The summed E-state index contributed by atoms with van der Waals surface area (Å²) in [5, 5.41) is 6.99. The maximum Gasteiger partial charge on any atom is 0.164 e. The number of rotatable bonds is 5. The van der Waals surface area contributed by atoms with E-state index in [0.29, 0.717) is 17.5 Å². The van der Waals surface area contributed by atoms with Crippen molar-refractivity contribution in [1.82, 2.24) is 19.5 Å². The van der Waals surface area contributed by atoms with Crippen molar-refractivity contribution in [2.24, 2.45) is 0 Å². The van der Waals surface area contributed by atoms with Gasteiger partial charge in [0.25, 0.3) is 0 Å². The number of benzene rings is 8. The first-order valence-electron chi connectivity index (χ1n) is 18.1. The summed E-state index contributed by atoms with van der Waals surface area (Å²) in [6, 6.07) is 63.3. The lowest BCUT2D eigenvalue weighted by Crippen LogP contribution is -2.00. The third-order valence-corrected chi connectivity index (χ3v) is 10.4. The van der Waals surface area contributed by atoms with Crippen molar-refractivity contribution in [3.63, 3.8) is 0 Å². The minimum atomic E-state index is 0.582. The number of nitrogens with zero attached hydrogens (tertiary/aromatic N) is 4. The molecular weight excluding hydrogens is 661 g/mol. The summed E-state index contributed by atoms with van der Waals surface area (Å²) in [5.41, 5.74) is 9.92. The summed E-state index contributed by atoms with van der Waals surface area (Å²) in [5.74, 6) is 1.82. The van der Waals surface area contributed by atoms with Crippen LogP contribution in [0.15, 0.2) is 186 Å². The quantitative estimate of drug-likeness (QED) is 0.180. The van der Waals surface area contributed by atoms with Gasteiger partial charge >= 0.3 is 0 Å². The van der Waals surface area contributed by atoms with Gasteiger partial charge in [0.2, 0.25) is 0 Å². The Balaban J connectivity index is 1.21. The second-order valence-electron chi connectivity index (χ2n) is 13.6. The molecule has 0 aliphatic rings. The first-order chi connectivity index (χ1) is 26.8. The fraction of sp³-hybridized carbons (Fsp3) is 0. The predicted octanol–water partition coefficient (Wildman–Crippen LogP) is 12.7. The highest BCUT2D eigenvalue weighted by molar-refractivity contribution is 6.22. The minimum absolute atomic E-state index is 0.582. The average Bonchev–Trinajstić information content (AvgIpc) is 3.80. The lowest BCUT2D eigenvalue weighted by atomic mass is 9.95. The van der Waals surface area contributed by atoms with Gasteiger partial charge in [-0.1, -0.05) is 133 Å². The van der Waals surface area contributed by atoms with Crippen LogP contribution in [-0.4, -0.2) is 19.5 Å². The number of para-hydroxylation sites is 2. The van der Waals surface area contributed by atoms with Crippen molar-refractivity contribution in [2.45, 2.75) is 0 Å². The van der Waals surface area contributed by atoms with Gasteiger partial charge in [0, 0.05) is 43.9 Å². The maximum absolute atomic E-state index is 6.61. The standard InChI is InChI=1S/C49H30N4O/c1-4-15-32(16-5-1)47-50-48(33-17-6-2-7-18-33)52-49(51-47)35-29-39(46-38-22-12-13-23-43(38)54-44(46)30-35)34-25-26-41-40(28-34)45-37-21-11-10-14-31(37)24-27-42(45)53(41)36-19-8-3-9-20-36/h1-30H. The molecule has 0 N–H and O–H groups in total. The summed E-state index contributed by atoms with van der Waals surface area (Å²) < 4.78 is 8.98. The van der Waals surface area contributed by atoms with E-state index < -0.39 is 0 Å². The molecular formula is C49H30N4O. The Kier molecular flexibility index (Phi) is 6.79. The van der Waals surface area contributed by atoms with Crippen LogP contribution >= 0.6 is 0 Å². The second kappa shape index (κ2) is 12.1. The van der Waals surface area contributed by atoms with Crippen LogP contribution in [0.25, 0.3) is 105 Å². The molecule has 3 aromatic heterocycles. The molecule has 8 aromatic carbocycles. The van der Waals surface area contributed by atoms with Gasteiger partial charge in [0.15, 0.2) is 17.5 Å². The highest BCUT2D eigenvalue weighted by atomic mass is 16.3. The van der Waals surface area contributed by atoms with E-state index in [2.05, 4.69) is 114 Å². The van der Waals surface area contributed by atoms with Crippen LogP contribution in [0.1, 0.15) is 0 Å². The van der Waals surface area contributed by atoms with E-state index in [-0.39, 0.29) is 0 Å². The van der Waals surface area contributed by atoms with Crippen LogP contribution in [0, 0.1) is 0 Å². The molecule has 5 heteroatoms. The van der Waals surface area contributed by atoms with Gasteiger partial charge in [-0.15, -0.1) is 0 Å². The predicted molar refractivity (Wildman–Crippen MR) is 221 cm³/mol. The Hall–Kier alpha value is -7.37. The zero-order valence-corrected chi connectivity index (χ0v) is 29.0. The van der Waals surface area contributed by atoms with Crippen LogP contribution in [-0.2, 0) is 0 Å². The molecule has 54 heavy (non-hydrogen) atoms. The van der Waals surface area contributed by atoms with Crippen molar-refractivity contribution in [2.75, 3.05) is 0 Å². The van der Waals surface area contributed by atoms with E-state index in [1.165, 1.54) is 27.1 Å². The number of furan rings is 1. The topological polar surface area (TPSA) is 56.7 Å². The molecule has 0 amide bonds. The largest absolute Gasteiger partial charge is 0.456 e. The van der Waals surface area contributed by atoms with E-state index in [9.17, 15) is 0 Å². The SMILES string of the molecule is c1ccc(-c2nc(-c3ccccc3)nc(-c3cc(-c4ccc5c(c4)c4c6ccccc6ccc4n5-c4ccccc4)c4c(c3)oc3ccccc34)n2)cc1. The number of hydrogen-bond donors (Lipinski definition) is 0. The summed E-state index contributed by atoms with van der Waals surface area (Å²) in [6.07, 6.45) is 0. The van der Waals surface area contributed by atoms with E-state index >= 15 is 0 Å². The van der Waals surface area contributed by atoms with Crippen LogP contribution < -0.4 is 0 Å². The van der Waals surface area contributed by atoms with Gasteiger partial charge in [-0.05, 0) is 70.4 Å². The lowest BCUT2D eigenvalue weighted by molar-refractivity contribution is 0.669. The van der Waals surface area contributed by atoms with E-state index in [4.69, 9.17) is 19.4 Å². The van der Waals surface area contributed by atoms with Crippen LogP contribution in [0.4, 0.5) is 0 Å². The molecule has 11 aromatic rings. The zero-order valence-electron chi connectivity index (χ0n) is 29.0. The Morgan fingerprint density at radius 3 is 1.69 bits per heavy atom. The molecule has 0 radical (unpaired) electrons. The average molecular weight is 691 g/mol. The summed E-state index contributed by atoms with van der Waals surface area (Å²) in [4.78, 5) is 15.1. The van der Waals surface area contributed by atoms with Gasteiger partial charge in [0.05, 0.1) is 11.0 Å². The summed E-state index contributed by atoms with van der Waals surface area (Å²) in [6.45, 7) is 0. The molecule has 11 rings (SSSR count). The van der Waals surface area contributed by atoms with Crippen LogP contribution in [0.5, 0.6) is 0 Å². The van der Waals surface area contributed by atoms with Gasteiger partial charge in [-0.25, -0.2) is 15.0 Å². The molecule has 0 aliphatic heterocycles. The van der Waals surface area contributed by atoms with Gasteiger partial charge < -0.3 is 8.98 Å².